The van der Waals surface area contributed by atoms with E-state index in [0.29, 0.717) is 13.2 Å². The molecule has 0 unspecified atom stereocenters. The van der Waals surface area contributed by atoms with Gasteiger partial charge < -0.3 is 10.5 Å². The van der Waals surface area contributed by atoms with Crippen LogP contribution < -0.4 is 10.5 Å². The van der Waals surface area contributed by atoms with Crippen LogP contribution in [-0.4, -0.2) is 18.1 Å². The van der Waals surface area contributed by atoms with Gasteiger partial charge in [0, 0.05) is 24.4 Å². The van der Waals surface area contributed by atoms with Crippen molar-refractivity contribution in [1.29, 1.82) is 0 Å². The molecule has 1 aromatic carbocycles. The van der Waals surface area contributed by atoms with Crippen LogP contribution in [0.15, 0.2) is 42.7 Å². The number of aromatic nitrogens is 1. The van der Waals surface area contributed by atoms with Crippen molar-refractivity contribution in [2.24, 2.45) is 5.73 Å². The third-order valence-electron chi connectivity index (χ3n) is 2.91. The van der Waals surface area contributed by atoms with Crippen molar-refractivity contribution in [3.8, 4) is 17.6 Å². The zero-order valence-corrected chi connectivity index (χ0v) is 11.6. The summed E-state index contributed by atoms with van der Waals surface area (Å²) in [7, 11) is 0. The maximum absolute atomic E-state index is 5.81. The molecule has 0 atom stereocenters. The average Bonchev–Trinajstić information content (AvgIpc) is 2.48. The molecule has 2 aromatic rings. The Morgan fingerprint density at radius 1 is 1.20 bits per heavy atom. The summed E-state index contributed by atoms with van der Waals surface area (Å²) < 4.78 is 5.81. The second-order valence-electron chi connectivity index (χ2n) is 4.44. The summed E-state index contributed by atoms with van der Waals surface area (Å²) in [6, 6.07) is 9.94. The van der Waals surface area contributed by atoms with Gasteiger partial charge in [-0.25, -0.2) is 0 Å². The van der Waals surface area contributed by atoms with Crippen molar-refractivity contribution in [3.05, 3.63) is 59.4 Å². The van der Waals surface area contributed by atoms with Crippen molar-refractivity contribution < 1.29 is 4.74 Å². The molecule has 102 valence electrons. The topological polar surface area (TPSA) is 48.1 Å². The quantitative estimate of drug-likeness (QED) is 0.864. The highest BCUT2D eigenvalue weighted by Gasteiger charge is 2.00. The smallest absolute Gasteiger partial charge is 0.122 e. The van der Waals surface area contributed by atoms with Gasteiger partial charge in [0.05, 0.1) is 13.2 Å². The molecule has 2 rings (SSSR count). The van der Waals surface area contributed by atoms with Gasteiger partial charge >= 0.3 is 0 Å². The molecule has 1 aromatic heterocycles. The van der Waals surface area contributed by atoms with E-state index >= 15 is 0 Å². The number of benzene rings is 1. The maximum Gasteiger partial charge on any atom is 0.122 e. The molecule has 0 saturated carbocycles. The van der Waals surface area contributed by atoms with Gasteiger partial charge in [-0.05, 0) is 48.4 Å². The second-order valence-corrected chi connectivity index (χ2v) is 4.44. The first-order valence-corrected chi connectivity index (χ1v) is 6.61. The number of ether oxygens (including phenoxy) is 1. The molecule has 0 fully saturated rings. The van der Waals surface area contributed by atoms with Crippen LogP contribution in [0.4, 0.5) is 0 Å². The lowest BCUT2D eigenvalue weighted by molar-refractivity contribution is 0.320. The summed E-state index contributed by atoms with van der Waals surface area (Å²) in [5, 5.41) is 0. The van der Waals surface area contributed by atoms with Gasteiger partial charge in [0.15, 0.2) is 0 Å². The number of rotatable bonds is 4. The molecule has 0 saturated heterocycles. The molecule has 0 bridgehead atoms. The van der Waals surface area contributed by atoms with Crippen LogP contribution in [0.3, 0.4) is 0 Å². The Morgan fingerprint density at radius 3 is 2.70 bits per heavy atom. The summed E-state index contributed by atoms with van der Waals surface area (Å²) in [5.41, 5.74) is 8.64. The molecule has 0 radical (unpaired) electrons. The van der Waals surface area contributed by atoms with Gasteiger partial charge in [0.1, 0.15) is 5.75 Å². The fourth-order valence-corrected chi connectivity index (χ4v) is 1.87. The predicted molar refractivity (Wildman–Crippen MR) is 80.5 cm³/mol. The van der Waals surface area contributed by atoms with Crippen LogP contribution >= 0.6 is 0 Å². The van der Waals surface area contributed by atoms with Gasteiger partial charge in [-0.15, -0.1) is 0 Å². The lowest BCUT2D eigenvalue weighted by atomic mass is 10.1. The van der Waals surface area contributed by atoms with E-state index in [0.717, 1.165) is 23.3 Å². The number of aryl methyl sites for hydroxylation is 1. The Bertz CT molecular complexity index is 612. The molecule has 0 aliphatic carbocycles. The molecule has 1 heterocycles. The van der Waals surface area contributed by atoms with Crippen LogP contribution in [0, 0.1) is 18.8 Å². The Kier molecular flexibility index (Phi) is 5.16. The molecule has 2 N–H and O–H groups in total. The van der Waals surface area contributed by atoms with Gasteiger partial charge in [-0.1, -0.05) is 11.8 Å². The highest BCUT2D eigenvalue weighted by atomic mass is 16.5. The van der Waals surface area contributed by atoms with Crippen molar-refractivity contribution in [2.45, 2.75) is 13.3 Å². The highest BCUT2D eigenvalue weighted by Crippen LogP contribution is 2.19. The van der Waals surface area contributed by atoms with Gasteiger partial charge in [-0.2, -0.15) is 0 Å². The summed E-state index contributed by atoms with van der Waals surface area (Å²) in [5.74, 6) is 6.76. The highest BCUT2D eigenvalue weighted by molar-refractivity contribution is 5.43. The van der Waals surface area contributed by atoms with E-state index < -0.39 is 0 Å². The molecule has 0 aliphatic heterocycles. The number of hydrogen-bond acceptors (Lipinski definition) is 3. The summed E-state index contributed by atoms with van der Waals surface area (Å²) in [6.07, 6.45) is 4.47. The molecule has 3 nitrogen and oxygen atoms in total. The predicted octanol–water partition coefficient (Wildman–Crippen LogP) is 2.32. The third-order valence-corrected chi connectivity index (χ3v) is 2.91. The average molecular weight is 266 g/mol. The molecule has 0 aliphatic rings. The van der Waals surface area contributed by atoms with Crippen molar-refractivity contribution >= 4 is 0 Å². The normalized spacial score (nSPS) is 9.70. The lowest BCUT2D eigenvalue weighted by Gasteiger charge is -2.09. The van der Waals surface area contributed by atoms with E-state index in [1.165, 1.54) is 5.56 Å². The zero-order chi connectivity index (χ0) is 14.2. The van der Waals surface area contributed by atoms with Crippen LogP contribution in [0.1, 0.15) is 16.7 Å². The van der Waals surface area contributed by atoms with Crippen LogP contribution in [-0.2, 0) is 6.42 Å². The van der Waals surface area contributed by atoms with Crippen molar-refractivity contribution in [1.82, 2.24) is 4.98 Å². The molecule has 0 spiro atoms. The minimum atomic E-state index is 0.378. The Morgan fingerprint density at radius 2 is 2.00 bits per heavy atom. The van der Waals surface area contributed by atoms with Crippen LogP contribution in [0.2, 0.25) is 0 Å². The fraction of sp³-hybridized carbons (Fsp3) is 0.235. The monoisotopic (exact) mass is 266 g/mol. The fourth-order valence-electron chi connectivity index (χ4n) is 1.87. The molecular weight excluding hydrogens is 248 g/mol. The van der Waals surface area contributed by atoms with Crippen molar-refractivity contribution in [3.63, 3.8) is 0 Å². The van der Waals surface area contributed by atoms with Crippen molar-refractivity contribution in [2.75, 3.05) is 13.2 Å². The zero-order valence-electron chi connectivity index (χ0n) is 11.6. The number of pyridine rings is 1. The van der Waals surface area contributed by atoms with E-state index in [9.17, 15) is 0 Å². The van der Waals surface area contributed by atoms with Crippen LogP contribution in [0.25, 0.3) is 0 Å². The van der Waals surface area contributed by atoms with E-state index in [1.54, 1.807) is 12.4 Å². The standard InChI is InChI=1S/C17H18N2O/c1-14-13-16(3-2-9-18)4-5-17(14)20-12-8-15-6-10-19-11-7-15/h4-7,10-11,13H,8-9,12,18H2,1H3. The number of nitrogens with two attached hydrogens (primary N) is 1. The Hall–Kier alpha value is -2.31. The largest absolute Gasteiger partial charge is 0.493 e. The van der Waals surface area contributed by atoms with E-state index in [1.807, 2.05) is 37.3 Å². The first-order valence-electron chi connectivity index (χ1n) is 6.61. The van der Waals surface area contributed by atoms with Gasteiger partial charge in [0.2, 0.25) is 0 Å². The molecule has 0 amide bonds. The summed E-state index contributed by atoms with van der Waals surface area (Å²) in [4.78, 5) is 4.00. The molecular formula is C17H18N2O. The maximum atomic E-state index is 5.81. The first kappa shape index (κ1) is 14.1. The minimum Gasteiger partial charge on any atom is -0.493 e. The van der Waals surface area contributed by atoms with Gasteiger partial charge in [-0.3, -0.25) is 4.98 Å². The van der Waals surface area contributed by atoms with E-state index in [4.69, 9.17) is 10.5 Å². The van der Waals surface area contributed by atoms with Gasteiger partial charge in [0.25, 0.3) is 0 Å². The molecule has 3 heteroatoms. The lowest BCUT2D eigenvalue weighted by Crippen LogP contribution is -2.02. The number of hydrogen-bond donors (Lipinski definition) is 1. The second kappa shape index (κ2) is 7.32. The molecule has 20 heavy (non-hydrogen) atoms. The van der Waals surface area contributed by atoms with E-state index in [2.05, 4.69) is 16.8 Å². The minimum absolute atomic E-state index is 0.378. The first-order chi connectivity index (χ1) is 9.79. The van der Waals surface area contributed by atoms with E-state index in [-0.39, 0.29) is 0 Å². The van der Waals surface area contributed by atoms with Crippen LogP contribution in [0.5, 0.6) is 5.75 Å². The summed E-state index contributed by atoms with van der Waals surface area (Å²) >= 11 is 0. The Labute approximate surface area is 119 Å². The summed E-state index contributed by atoms with van der Waals surface area (Å²) in [6.45, 7) is 3.05. The Balaban J connectivity index is 1.93. The third kappa shape index (κ3) is 4.11. The SMILES string of the molecule is Cc1cc(C#CCN)ccc1OCCc1ccncc1. The number of nitrogens with zero attached hydrogens (tertiary/aromatic N) is 1.